The van der Waals surface area contributed by atoms with Gasteiger partial charge in [-0.25, -0.2) is 0 Å². The van der Waals surface area contributed by atoms with Crippen LogP contribution < -0.4 is 15.2 Å². The fourth-order valence-electron chi connectivity index (χ4n) is 2.11. The molecule has 0 unspecified atom stereocenters. The van der Waals surface area contributed by atoms with Crippen LogP contribution in [-0.4, -0.2) is 12.2 Å². The van der Waals surface area contributed by atoms with Crippen molar-refractivity contribution in [1.29, 1.82) is 0 Å². The lowest BCUT2D eigenvalue weighted by Crippen LogP contribution is -2.09. The topological polar surface area (TPSA) is 64.7 Å². The standard InChI is InChI=1S/C17H21NO3/c1-3-14(18)13-6-4-5-7-15(13)21-16-9-8-12(11-19)10-17(16)20-2/h4-10,14,19H,3,11,18H2,1-2H3/t14-/m1/s1. The number of nitrogens with two attached hydrogens (primary N) is 1. The minimum Gasteiger partial charge on any atom is -0.493 e. The third-order valence-corrected chi connectivity index (χ3v) is 3.39. The molecule has 2 aromatic rings. The average molecular weight is 287 g/mol. The quantitative estimate of drug-likeness (QED) is 0.854. The second-order valence-electron chi connectivity index (χ2n) is 4.80. The van der Waals surface area contributed by atoms with Crippen molar-refractivity contribution in [3.63, 3.8) is 0 Å². The molecule has 2 aromatic carbocycles. The van der Waals surface area contributed by atoms with Crippen LogP contribution in [0.2, 0.25) is 0 Å². The molecular formula is C17H21NO3. The lowest BCUT2D eigenvalue weighted by Gasteiger charge is -2.17. The Hall–Kier alpha value is -2.04. The van der Waals surface area contributed by atoms with E-state index in [1.54, 1.807) is 25.3 Å². The summed E-state index contributed by atoms with van der Waals surface area (Å²) in [7, 11) is 1.58. The predicted octanol–water partition coefficient (Wildman–Crippen LogP) is 3.39. The van der Waals surface area contributed by atoms with E-state index in [9.17, 15) is 5.11 Å². The van der Waals surface area contributed by atoms with Crippen LogP contribution in [0.5, 0.6) is 17.2 Å². The monoisotopic (exact) mass is 287 g/mol. The maximum absolute atomic E-state index is 9.17. The number of para-hydroxylation sites is 1. The van der Waals surface area contributed by atoms with E-state index in [1.165, 1.54) is 0 Å². The Balaban J connectivity index is 2.34. The molecule has 21 heavy (non-hydrogen) atoms. The summed E-state index contributed by atoms with van der Waals surface area (Å²) in [6.07, 6.45) is 0.834. The molecule has 0 fully saturated rings. The molecule has 4 nitrogen and oxygen atoms in total. The average Bonchev–Trinajstić information content (AvgIpc) is 2.55. The number of methoxy groups -OCH3 is 1. The fourth-order valence-corrected chi connectivity index (χ4v) is 2.11. The third kappa shape index (κ3) is 3.54. The zero-order valence-corrected chi connectivity index (χ0v) is 12.4. The number of aliphatic hydroxyl groups excluding tert-OH is 1. The Morgan fingerprint density at radius 3 is 2.52 bits per heavy atom. The van der Waals surface area contributed by atoms with Gasteiger partial charge in [0.2, 0.25) is 0 Å². The molecule has 3 N–H and O–H groups in total. The van der Waals surface area contributed by atoms with Gasteiger partial charge in [0.25, 0.3) is 0 Å². The molecule has 0 amide bonds. The molecule has 0 aliphatic carbocycles. The Bertz CT molecular complexity index is 598. The highest BCUT2D eigenvalue weighted by atomic mass is 16.5. The number of rotatable bonds is 6. The number of aliphatic hydroxyl groups is 1. The Kier molecular flexibility index (Phi) is 5.20. The summed E-state index contributed by atoms with van der Waals surface area (Å²) < 4.78 is 11.3. The highest BCUT2D eigenvalue weighted by Crippen LogP contribution is 2.35. The number of ether oxygens (including phenoxy) is 2. The predicted molar refractivity (Wildman–Crippen MR) is 82.7 cm³/mol. The summed E-state index contributed by atoms with van der Waals surface area (Å²) in [5, 5.41) is 9.17. The van der Waals surface area contributed by atoms with E-state index < -0.39 is 0 Å². The van der Waals surface area contributed by atoms with Gasteiger partial charge in [-0.1, -0.05) is 31.2 Å². The summed E-state index contributed by atoms with van der Waals surface area (Å²) in [5.41, 5.74) is 7.86. The van der Waals surface area contributed by atoms with Crippen molar-refractivity contribution in [1.82, 2.24) is 0 Å². The molecule has 0 bridgehead atoms. The summed E-state index contributed by atoms with van der Waals surface area (Å²) in [4.78, 5) is 0. The van der Waals surface area contributed by atoms with Gasteiger partial charge in [-0.2, -0.15) is 0 Å². The van der Waals surface area contributed by atoms with E-state index in [0.717, 1.165) is 23.3 Å². The van der Waals surface area contributed by atoms with Gasteiger partial charge in [0.1, 0.15) is 5.75 Å². The van der Waals surface area contributed by atoms with Crippen LogP contribution in [0.3, 0.4) is 0 Å². The molecule has 0 aliphatic rings. The number of hydrogen-bond donors (Lipinski definition) is 2. The van der Waals surface area contributed by atoms with E-state index in [4.69, 9.17) is 15.2 Å². The molecule has 0 saturated carbocycles. The van der Waals surface area contributed by atoms with E-state index in [0.29, 0.717) is 11.5 Å². The molecule has 0 saturated heterocycles. The molecule has 0 aromatic heterocycles. The van der Waals surface area contributed by atoms with Crippen molar-refractivity contribution < 1.29 is 14.6 Å². The van der Waals surface area contributed by atoms with Crippen LogP contribution in [0.4, 0.5) is 0 Å². The van der Waals surface area contributed by atoms with Crippen molar-refractivity contribution in [2.24, 2.45) is 5.73 Å². The van der Waals surface area contributed by atoms with Gasteiger partial charge >= 0.3 is 0 Å². The second-order valence-corrected chi connectivity index (χ2v) is 4.80. The van der Waals surface area contributed by atoms with Crippen LogP contribution in [0.15, 0.2) is 42.5 Å². The van der Waals surface area contributed by atoms with Gasteiger partial charge < -0.3 is 20.3 Å². The van der Waals surface area contributed by atoms with Gasteiger partial charge in [0.15, 0.2) is 11.5 Å². The van der Waals surface area contributed by atoms with Crippen LogP contribution in [0.25, 0.3) is 0 Å². The zero-order valence-electron chi connectivity index (χ0n) is 12.4. The summed E-state index contributed by atoms with van der Waals surface area (Å²) >= 11 is 0. The van der Waals surface area contributed by atoms with E-state index in [2.05, 4.69) is 0 Å². The molecule has 0 spiro atoms. The molecular weight excluding hydrogens is 266 g/mol. The van der Waals surface area contributed by atoms with Crippen molar-refractivity contribution in [2.75, 3.05) is 7.11 Å². The molecule has 0 heterocycles. The molecule has 2 rings (SSSR count). The summed E-state index contributed by atoms with van der Waals surface area (Å²) in [6.45, 7) is 2.01. The van der Waals surface area contributed by atoms with Crippen LogP contribution in [0.1, 0.15) is 30.5 Å². The largest absolute Gasteiger partial charge is 0.493 e. The van der Waals surface area contributed by atoms with Crippen molar-refractivity contribution in [3.8, 4) is 17.2 Å². The number of benzene rings is 2. The van der Waals surface area contributed by atoms with E-state index >= 15 is 0 Å². The normalized spacial score (nSPS) is 12.0. The van der Waals surface area contributed by atoms with Crippen molar-refractivity contribution in [2.45, 2.75) is 26.0 Å². The maximum atomic E-state index is 9.17. The molecule has 0 radical (unpaired) electrons. The summed E-state index contributed by atoms with van der Waals surface area (Å²) in [6, 6.07) is 13.0. The maximum Gasteiger partial charge on any atom is 0.169 e. The second kappa shape index (κ2) is 7.11. The lowest BCUT2D eigenvalue weighted by atomic mass is 10.0. The first-order valence-corrected chi connectivity index (χ1v) is 6.99. The van der Waals surface area contributed by atoms with E-state index in [1.807, 2.05) is 31.2 Å². The number of hydrogen-bond acceptors (Lipinski definition) is 4. The highest BCUT2D eigenvalue weighted by molar-refractivity contribution is 5.47. The lowest BCUT2D eigenvalue weighted by molar-refractivity contribution is 0.280. The first-order valence-electron chi connectivity index (χ1n) is 6.99. The smallest absolute Gasteiger partial charge is 0.169 e. The Labute approximate surface area is 125 Å². The van der Waals surface area contributed by atoms with Gasteiger partial charge in [-0.3, -0.25) is 0 Å². The van der Waals surface area contributed by atoms with Crippen LogP contribution >= 0.6 is 0 Å². The first kappa shape index (κ1) is 15.4. The van der Waals surface area contributed by atoms with Gasteiger partial charge in [-0.15, -0.1) is 0 Å². The first-order chi connectivity index (χ1) is 10.2. The van der Waals surface area contributed by atoms with E-state index in [-0.39, 0.29) is 12.6 Å². The molecule has 0 aliphatic heterocycles. The molecule has 4 heteroatoms. The molecule has 112 valence electrons. The van der Waals surface area contributed by atoms with Crippen LogP contribution in [0, 0.1) is 0 Å². The SMILES string of the molecule is CC[C@@H](N)c1ccccc1Oc1ccc(CO)cc1OC. The minimum atomic E-state index is -0.0658. The minimum absolute atomic E-state index is 0.0338. The third-order valence-electron chi connectivity index (χ3n) is 3.39. The summed E-state index contributed by atoms with van der Waals surface area (Å²) in [5.74, 6) is 1.91. The van der Waals surface area contributed by atoms with Crippen LogP contribution in [-0.2, 0) is 6.61 Å². The Morgan fingerprint density at radius 1 is 1.10 bits per heavy atom. The van der Waals surface area contributed by atoms with Crippen molar-refractivity contribution >= 4 is 0 Å². The zero-order chi connectivity index (χ0) is 15.2. The van der Waals surface area contributed by atoms with Gasteiger partial charge in [-0.05, 0) is 30.2 Å². The van der Waals surface area contributed by atoms with Gasteiger partial charge in [0.05, 0.1) is 13.7 Å². The fraction of sp³-hybridized carbons (Fsp3) is 0.294. The van der Waals surface area contributed by atoms with Crippen molar-refractivity contribution in [3.05, 3.63) is 53.6 Å². The Morgan fingerprint density at radius 2 is 1.86 bits per heavy atom. The molecule has 1 atom stereocenters. The van der Waals surface area contributed by atoms with Gasteiger partial charge in [0, 0.05) is 11.6 Å². The highest BCUT2D eigenvalue weighted by Gasteiger charge is 2.13.